The molecule has 1 heterocycles. The number of nitrogens with zero attached hydrogens (tertiary/aromatic N) is 1. The van der Waals surface area contributed by atoms with Crippen LogP contribution in [0, 0.1) is 0 Å². The number of nitrogens with one attached hydrogen (secondary N) is 2. The van der Waals surface area contributed by atoms with Crippen molar-refractivity contribution in [2.45, 2.75) is 0 Å². The van der Waals surface area contributed by atoms with Gasteiger partial charge >= 0.3 is 0 Å². The SMILES string of the molecule is O=C(Nc1cc(Cl)ccc1O)c1ccc(NC2=C(Cl)C(=O)N(c3cc(Cl)cc(Cl)c3)C2=O)cc1. The highest BCUT2D eigenvalue weighted by Crippen LogP contribution is 2.33. The van der Waals surface area contributed by atoms with E-state index in [1.807, 2.05) is 0 Å². The summed E-state index contributed by atoms with van der Waals surface area (Å²) in [5.41, 5.74) is 0.881. The van der Waals surface area contributed by atoms with Gasteiger partial charge in [-0.15, -0.1) is 0 Å². The van der Waals surface area contributed by atoms with Gasteiger partial charge in [-0.25, -0.2) is 4.90 Å². The number of phenolic OH excluding ortho intramolecular Hbond substituents is 1. The zero-order valence-electron chi connectivity index (χ0n) is 16.9. The molecule has 0 bridgehead atoms. The third-order valence-corrected chi connectivity index (χ3v) is 5.78. The summed E-state index contributed by atoms with van der Waals surface area (Å²) in [6.07, 6.45) is 0. The molecule has 3 aromatic carbocycles. The van der Waals surface area contributed by atoms with E-state index in [4.69, 9.17) is 46.4 Å². The van der Waals surface area contributed by atoms with Gasteiger partial charge in [0.15, 0.2) is 0 Å². The minimum Gasteiger partial charge on any atom is -0.506 e. The van der Waals surface area contributed by atoms with E-state index in [1.165, 1.54) is 60.7 Å². The number of aromatic hydroxyl groups is 1. The molecule has 3 aromatic rings. The smallest absolute Gasteiger partial charge is 0.283 e. The van der Waals surface area contributed by atoms with E-state index < -0.39 is 17.7 Å². The van der Waals surface area contributed by atoms with Crippen LogP contribution in [-0.4, -0.2) is 22.8 Å². The number of hydrogen-bond acceptors (Lipinski definition) is 5. The Morgan fingerprint density at radius 1 is 0.794 bits per heavy atom. The summed E-state index contributed by atoms with van der Waals surface area (Å²) >= 11 is 24.0. The topological polar surface area (TPSA) is 98.7 Å². The first-order valence-corrected chi connectivity index (χ1v) is 11.1. The lowest BCUT2D eigenvalue weighted by Gasteiger charge is -2.16. The van der Waals surface area contributed by atoms with Gasteiger partial charge in [-0.1, -0.05) is 46.4 Å². The van der Waals surface area contributed by atoms with Crippen LogP contribution in [0.5, 0.6) is 5.75 Å². The summed E-state index contributed by atoms with van der Waals surface area (Å²) in [6.45, 7) is 0. The zero-order valence-corrected chi connectivity index (χ0v) is 19.9. The quantitative estimate of drug-likeness (QED) is 0.273. The van der Waals surface area contributed by atoms with Gasteiger partial charge < -0.3 is 15.7 Å². The average Bonchev–Trinajstić information content (AvgIpc) is 2.99. The molecule has 3 amide bonds. The summed E-state index contributed by atoms with van der Waals surface area (Å²) in [7, 11) is 0. The van der Waals surface area contributed by atoms with Crippen LogP contribution >= 0.6 is 46.4 Å². The van der Waals surface area contributed by atoms with E-state index in [2.05, 4.69) is 10.6 Å². The fraction of sp³-hybridized carbons (Fsp3) is 0. The molecule has 0 saturated carbocycles. The first-order valence-electron chi connectivity index (χ1n) is 9.55. The number of carbonyl (C=O) groups excluding carboxylic acids is 3. The average molecular weight is 537 g/mol. The molecule has 0 unspecified atom stereocenters. The fourth-order valence-electron chi connectivity index (χ4n) is 3.17. The molecule has 0 fully saturated rings. The molecule has 0 saturated heterocycles. The van der Waals surface area contributed by atoms with Crippen LogP contribution in [0.3, 0.4) is 0 Å². The molecular weight excluding hydrogens is 524 g/mol. The second-order valence-electron chi connectivity index (χ2n) is 7.08. The number of anilines is 3. The lowest BCUT2D eigenvalue weighted by molar-refractivity contribution is -0.120. The van der Waals surface area contributed by atoms with Gasteiger partial charge in [0, 0.05) is 26.3 Å². The Kier molecular flexibility index (Phi) is 6.72. The van der Waals surface area contributed by atoms with E-state index in [0.29, 0.717) is 10.7 Å². The minimum absolute atomic E-state index is 0.132. The van der Waals surface area contributed by atoms with Crippen LogP contribution in [0.4, 0.5) is 17.1 Å². The number of phenols is 1. The Labute approximate surface area is 213 Å². The third kappa shape index (κ3) is 4.83. The molecule has 0 aromatic heterocycles. The number of rotatable bonds is 5. The maximum Gasteiger partial charge on any atom is 0.283 e. The number of imide groups is 1. The Hall–Kier alpha value is -3.23. The van der Waals surface area contributed by atoms with E-state index in [1.54, 1.807) is 0 Å². The number of carbonyl (C=O) groups is 3. The molecule has 0 aliphatic carbocycles. The molecule has 1 aliphatic heterocycles. The monoisotopic (exact) mass is 535 g/mol. The van der Waals surface area contributed by atoms with Crippen LogP contribution in [0.25, 0.3) is 0 Å². The summed E-state index contributed by atoms with van der Waals surface area (Å²) in [5.74, 6) is -2.04. The molecule has 172 valence electrons. The van der Waals surface area contributed by atoms with Crippen LogP contribution < -0.4 is 15.5 Å². The molecule has 1 aliphatic rings. The predicted molar refractivity (Wildman–Crippen MR) is 133 cm³/mol. The Bertz CT molecular complexity index is 1350. The Balaban J connectivity index is 1.50. The number of amides is 3. The third-order valence-electron chi connectivity index (χ3n) is 4.76. The Morgan fingerprint density at radius 2 is 1.44 bits per heavy atom. The van der Waals surface area contributed by atoms with Crippen molar-refractivity contribution in [3.8, 4) is 5.75 Å². The van der Waals surface area contributed by atoms with Gasteiger partial charge in [-0.2, -0.15) is 0 Å². The molecule has 0 radical (unpaired) electrons. The molecule has 4 rings (SSSR count). The van der Waals surface area contributed by atoms with E-state index in [-0.39, 0.29) is 43.5 Å². The highest BCUT2D eigenvalue weighted by molar-refractivity contribution is 6.53. The second-order valence-corrected chi connectivity index (χ2v) is 8.77. The number of halogens is 4. The normalized spacial score (nSPS) is 13.5. The molecule has 0 spiro atoms. The molecular formula is C23H13Cl4N3O4. The van der Waals surface area contributed by atoms with Crippen molar-refractivity contribution in [3.05, 3.63) is 92.0 Å². The standard InChI is InChI=1S/C23H13Cl4N3O4/c24-12-3-6-18(31)17(10-12)29-21(32)11-1-4-15(5-2-11)28-20-19(27)22(33)30(23(20)34)16-8-13(25)7-14(26)9-16/h1-10,28,31H,(H,29,32). The van der Waals surface area contributed by atoms with Crippen molar-refractivity contribution in [1.29, 1.82) is 0 Å². The summed E-state index contributed by atoms with van der Waals surface area (Å²) in [6, 6.07) is 14.6. The predicted octanol–water partition coefficient (Wildman–Crippen LogP) is 6.04. The van der Waals surface area contributed by atoms with Crippen molar-refractivity contribution >= 4 is 81.2 Å². The Morgan fingerprint density at radius 3 is 2.09 bits per heavy atom. The summed E-state index contributed by atoms with van der Waals surface area (Å²) in [4.78, 5) is 38.9. The van der Waals surface area contributed by atoms with Gasteiger partial charge in [-0.3, -0.25) is 14.4 Å². The number of hydrogen-bond donors (Lipinski definition) is 3. The van der Waals surface area contributed by atoms with Gasteiger partial charge in [0.25, 0.3) is 17.7 Å². The molecule has 0 atom stereocenters. The van der Waals surface area contributed by atoms with Crippen LogP contribution in [0.1, 0.15) is 10.4 Å². The molecule has 11 heteroatoms. The van der Waals surface area contributed by atoms with Crippen LogP contribution in [0.2, 0.25) is 15.1 Å². The highest BCUT2D eigenvalue weighted by atomic mass is 35.5. The van der Waals surface area contributed by atoms with E-state index in [9.17, 15) is 19.5 Å². The van der Waals surface area contributed by atoms with Crippen molar-refractivity contribution in [2.75, 3.05) is 15.5 Å². The highest BCUT2D eigenvalue weighted by Gasteiger charge is 2.39. The fourth-order valence-corrected chi connectivity index (χ4v) is 4.07. The summed E-state index contributed by atoms with van der Waals surface area (Å²) in [5, 5.41) is 15.8. The molecule has 3 N–H and O–H groups in total. The van der Waals surface area contributed by atoms with Gasteiger partial charge in [-0.05, 0) is 60.7 Å². The van der Waals surface area contributed by atoms with Crippen LogP contribution in [0.15, 0.2) is 71.4 Å². The maximum atomic E-state index is 12.9. The van der Waals surface area contributed by atoms with Gasteiger partial charge in [0.05, 0.1) is 11.4 Å². The zero-order chi connectivity index (χ0) is 24.6. The van der Waals surface area contributed by atoms with Crippen molar-refractivity contribution in [1.82, 2.24) is 0 Å². The van der Waals surface area contributed by atoms with Crippen molar-refractivity contribution < 1.29 is 19.5 Å². The van der Waals surface area contributed by atoms with Gasteiger partial charge in [0.1, 0.15) is 16.5 Å². The largest absolute Gasteiger partial charge is 0.506 e. The first-order chi connectivity index (χ1) is 16.1. The van der Waals surface area contributed by atoms with Gasteiger partial charge in [0.2, 0.25) is 0 Å². The van der Waals surface area contributed by atoms with E-state index >= 15 is 0 Å². The maximum absolute atomic E-state index is 12.9. The summed E-state index contributed by atoms with van der Waals surface area (Å²) < 4.78 is 0. The first kappa shape index (κ1) is 23.9. The minimum atomic E-state index is -0.732. The second kappa shape index (κ2) is 9.56. The van der Waals surface area contributed by atoms with Crippen molar-refractivity contribution in [2.24, 2.45) is 0 Å². The lowest BCUT2D eigenvalue weighted by atomic mass is 10.1. The van der Waals surface area contributed by atoms with E-state index in [0.717, 1.165) is 4.90 Å². The van der Waals surface area contributed by atoms with Crippen LogP contribution in [-0.2, 0) is 9.59 Å². The molecule has 7 nitrogen and oxygen atoms in total. The van der Waals surface area contributed by atoms with Crippen molar-refractivity contribution in [3.63, 3.8) is 0 Å². The number of benzene rings is 3. The lowest BCUT2D eigenvalue weighted by Crippen LogP contribution is -2.32. The molecule has 34 heavy (non-hydrogen) atoms.